The molecule has 0 aliphatic carbocycles. The molecule has 3 rings (SSSR count). The zero-order valence-electron chi connectivity index (χ0n) is 16.3. The largest absolute Gasteiger partial charge is 0.382 e. The van der Waals surface area contributed by atoms with Crippen LogP contribution < -0.4 is 16.0 Å². The maximum atomic E-state index is 11.8. The molecule has 0 fully saturated rings. The smallest absolute Gasteiger partial charge is 0.251 e. The van der Waals surface area contributed by atoms with Crippen LogP contribution in [0.2, 0.25) is 0 Å². The third-order valence-corrected chi connectivity index (χ3v) is 4.21. The van der Waals surface area contributed by atoms with Gasteiger partial charge < -0.3 is 16.0 Å². The third-order valence-electron chi connectivity index (χ3n) is 4.21. The molecule has 0 saturated heterocycles. The van der Waals surface area contributed by atoms with E-state index in [0.29, 0.717) is 23.8 Å². The van der Waals surface area contributed by atoms with Crippen molar-refractivity contribution in [3.8, 4) is 0 Å². The predicted molar refractivity (Wildman–Crippen MR) is 107 cm³/mol. The lowest BCUT2D eigenvalue weighted by molar-refractivity contribution is -0.116. The van der Waals surface area contributed by atoms with E-state index in [1.807, 2.05) is 26.0 Å². The zero-order valence-corrected chi connectivity index (χ0v) is 16.3. The number of amides is 2. The molecule has 1 unspecified atom stereocenters. The molecule has 1 aliphatic heterocycles. The minimum atomic E-state index is -0.0575. The van der Waals surface area contributed by atoms with E-state index in [1.165, 1.54) is 6.20 Å². The van der Waals surface area contributed by atoms with E-state index in [0.717, 1.165) is 29.9 Å². The molecule has 0 saturated carbocycles. The van der Waals surface area contributed by atoms with Crippen molar-refractivity contribution in [2.75, 3.05) is 23.7 Å². The predicted octanol–water partition coefficient (Wildman–Crippen LogP) is 2.35. The Kier molecular flexibility index (Phi) is 6.87. The summed E-state index contributed by atoms with van der Waals surface area (Å²) in [6.45, 7) is 8.84. The summed E-state index contributed by atoms with van der Waals surface area (Å²) in [5.74, 6) is 0.882. The fourth-order valence-corrected chi connectivity index (χ4v) is 2.97. The van der Waals surface area contributed by atoms with Gasteiger partial charge in [0.2, 0.25) is 5.91 Å². The van der Waals surface area contributed by atoms with Gasteiger partial charge in [-0.25, -0.2) is 4.98 Å². The van der Waals surface area contributed by atoms with E-state index in [2.05, 4.69) is 22.2 Å². The van der Waals surface area contributed by atoms with Crippen LogP contribution in [0, 0.1) is 12.8 Å². The normalized spacial score (nSPS) is 15.3. The molecule has 7 heteroatoms. The fraction of sp³-hybridized carbons (Fsp3) is 0.400. The quantitative estimate of drug-likeness (QED) is 0.846. The molecular formula is C20H27N5O2. The number of aryl methyl sites for hydroxylation is 1. The van der Waals surface area contributed by atoms with Crippen LogP contribution in [-0.4, -0.2) is 34.9 Å². The average Bonchev–Trinajstić information content (AvgIpc) is 2.63. The first-order chi connectivity index (χ1) is 12.8. The number of hydrogen-bond donors (Lipinski definition) is 2. The van der Waals surface area contributed by atoms with E-state index in [1.54, 1.807) is 24.1 Å². The summed E-state index contributed by atoms with van der Waals surface area (Å²) < 4.78 is 0. The minimum Gasteiger partial charge on any atom is -0.382 e. The molecular weight excluding hydrogens is 342 g/mol. The summed E-state index contributed by atoms with van der Waals surface area (Å²) in [5, 5.41) is 2.79. The Morgan fingerprint density at radius 3 is 2.59 bits per heavy atom. The number of carbonyl (C=O) groups excluding carboxylic acids is 2. The Balaban J connectivity index is 0.000000273. The number of aromatic nitrogens is 2. The summed E-state index contributed by atoms with van der Waals surface area (Å²) in [4.78, 5) is 33.0. The lowest BCUT2D eigenvalue weighted by atomic mass is 9.92. The highest BCUT2D eigenvalue weighted by Gasteiger charge is 2.25. The Labute approximate surface area is 160 Å². The number of nitrogen functional groups attached to an aromatic ring is 1. The third kappa shape index (κ3) is 5.51. The molecule has 3 N–H and O–H groups in total. The Bertz CT molecular complexity index is 784. The van der Waals surface area contributed by atoms with Crippen molar-refractivity contribution in [3.63, 3.8) is 0 Å². The molecule has 2 aromatic rings. The van der Waals surface area contributed by atoms with E-state index < -0.39 is 0 Å². The highest BCUT2D eigenvalue weighted by Crippen LogP contribution is 2.30. The van der Waals surface area contributed by atoms with Crippen molar-refractivity contribution >= 4 is 23.3 Å². The molecule has 2 heterocycles. The van der Waals surface area contributed by atoms with Gasteiger partial charge in [-0.15, -0.1) is 0 Å². The Hall–Kier alpha value is -2.96. The van der Waals surface area contributed by atoms with Gasteiger partial charge >= 0.3 is 0 Å². The van der Waals surface area contributed by atoms with Crippen LogP contribution in [0.1, 0.15) is 42.4 Å². The number of hydrogen-bond acceptors (Lipinski definition) is 5. The number of nitrogens with two attached hydrogens (primary N) is 1. The van der Waals surface area contributed by atoms with Gasteiger partial charge in [0.05, 0.1) is 18.1 Å². The Morgan fingerprint density at radius 2 is 2.04 bits per heavy atom. The van der Waals surface area contributed by atoms with Gasteiger partial charge in [0, 0.05) is 31.3 Å². The highest BCUT2D eigenvalue weighted by atomic mass is 16.2. The van der Waals surface area contributed by atoms with Gasteiger partial charge in [-0.2, -0.15) is 0 Å². The fourth-order valence-electron chi connectivity index (χ4n) is 2.97. The first-order valence-electron chi connectivity index (χ1n) is 9.05. The Morgan fingerprint density at radius 1 is 1.30 bits per heavy atom. The van der Waals surface area contributed by atoms with E-state index in [4.69, 9.17) is 5.73 Å². The minimum absolute atomic E-state index is 0.0542. The van der Waals surface area contributed by atoms with Crippen molar-refractivity contribution in [1.29, 1.82) is 0 Å². The second kappa shape index (κ2) is 9.12. The first-order valence-corrected chi connectivity index (χ1v) is 9.05. The summed E-state index contributed by atoms with van der Waals surface area (Å²) in [5.41, 5.74) is 8.83. The van der Waals surface area contributed by atoms with Gasteiger partial charge in [0.15, 0.2) is 0 Å². The number of rotatable bonds is 2. The number of carbonyl (C=O) groups is 2. The van der Waals surface area contributed by atoms with Gasteiger partial charge in [0.1, 0.15) is 5.82 Å². The molecule has 1 aromatic heterocycles. The van der Waals surface area contributed by atoms with E-state index >= 15 is 0 Å². The number of fused-ring (bicyclic) bond motifs is 1. The number of benzene rings is 1. The maximum absolute atomic E-state index is 11.8. The summed E-state index contributed by atoms with van der Waals surface area (Å²) >= 11 is 0. The molecule has 144 valence electrons. The molecule has 7 nitrogen and oxygen atoms in total. The van der Waals surface area contributed by atoms with Crippen LogP contribution in [0.15, 0.2) is 30.6 Å². The van der Waals surface area contributed by atoms with Gasteiger partial charge in [0.25, 0.3) is 5.91 Å². The van der Waals surface area contributed by atoms with Crippen molar-refractivity contribution in [2.24, 2.45) is 5.92 Å². The monoisotopic (exact) mass is 369 g/mol. The molecule has 2 amide bonds. The first kappa shape index (κ1) is 20.4. The van der Waals surface area contributed by atoms with E-state index in [-0.39, 0.29) is 11.8 Å². The standard InChI is InChI=1S/C15H20N2O2.C5H7N3/c1-4-16-15(19)12-5-6-14-13(8-12)7-10(2)9-17(14)11(3)18;1-4-2-8-5(6)3-7-4/h5-6,8,10H,4,7,9H2,1-3H3,(H,16,19);2-3H,1H3,(H2,6,8). The van der Waals surface area contributed by atoms with Gasteiger partial charge in [-0.3, -0.25) is 14.6 Å². The average molecular weight is 369 g/mol. The van der Waals surface area contributed by atoms with Crippen LogP contribution in [0.4, 0.5) is 11.5 Å². The van der Waals surface area contributed by atoms with Gasteiger partial charge in [-0.1, -0.05) is 6.92 Å². The summed E-state index contributed by atoms with van der Waals surface area (Å²) in [7, 11) is 0. The van der Waals surface area contributed by atoms with Gasteiger partial charge in [-0.05, 0) is 49.9 Å². The van der Waals surface area contributed by atoms with Crippen molar-refractivity contribution in [2.45, 2.75) is 34.1 Å². The lowest BCUT2D eigenvalue weighted by Crippen LogP contribution is -2.38. The molecule has 1 atom stereocenters. The number of nitrogens with one attached hydrogen (secondary N) is 1. The molecule has 1 aliphatic rings. The van der Waals surface area contributed by atoms with E-state index in [9.17, 15) is 9.59 Å². The molecule has 0 spiro atoms. The lowest BCUT2D eigenvalue weighted by Gasteiger charge is -2.32. The van der Waals surface area contributed by atoms with Crippen molar-refractivity contribution < 1.29 is 9.59 Å². The van der Waals surface area contributed by atoms with Crippen LogP contribution in [0.3, 0.4) is 0 Å². The molecule has 27 heavy (non-hydrogen) atoms. The zero-order chi connectivity index (χ0) is 20.0. The maximum Gasteiger partial charge on any atom is 0.251 e. The van der Waals surface area contributed by atoms with Crippen LogP contribution in [0.5, 0.6) is 0 Å². The molecule has 1 aromatic carbocycles. The van der Waals surface area contributed by atoms with Crippen molar-refractivity contribution in [3.05, 3.63) is 47.4 Å². The van der Waals surface area contributed by atoms with Crippen LogP contribution in [-0.2, 0) is 11.2 Å². The topological polar surface area (TPSA) is 101 Å². The summed E-state index contributed by atoms with van der Waals surface area (Å²) in [6.07, 6.45) is 4.08. The highest BCUT2D eigenvalue weighted by molar-refractivity contribution is 5.97. The summed E-state index contributed by atoms with van der Waals surface area (Å²) in [6, 6.07) is 5.58. The molecule has 0 radical (unpaired) electrons. The second-order valence-electron chi connectivity index (χ2n) is 6.72. The van der Waals surface area contributed by atoms with Crippen molar-refractivity contribution in [1.82, 2.24) is 15.3 Å². The molecule has 0 bridgehead atoms. The van der Waals surface area contributed by atoms with Crippen LogP contribution >= 0.6 is 0 Å². The van der Waals surface area contributed by atoms with Crippen LogP contribution in [0.25, 0.3) is 0 Å². The second-order valence-corrected chi connectivity index (χ2v) is 6.72. The number of anilines is 2. The SMILES string of the molecule is CCNC(=O)c1ccc2c(c1)CC(C)CN2C(C)=O.Cc1cnc(N)cn1. The number of nitrogens with zero attached hydrogens (tertiary/aromatic N) is 3.